The Morgan fingerprint density at radius 2 is 1.54 bits per heavy atom. The summed E-state index contributed by atoms with van der Waals surface area (Å²) in [5.74, 6) is 0.118. The number of nitrogens with two attached hydrogens (primary N) is 1. The molecular weight excluding hydrogens is 318 g/mol. The molecule has 0 fully saturated rings. The van der Waals surface area contributed by atoms with Gasteiger partial charge in [-0.3, -0.25) is 10.4 Å². The first kappa shape index (κ1) is 17.6. The van der Waals surface area contributed by atoms with Crippen LogP contribution in [-0.2, 0) is 0 Å². The molecule has 0 aliphatic heterocycles. The molecule has 3 N–H and O–H groups in total. The van der Waals surface area contributed by atoms with E-state index in [-0.39, 0.29) is 5.84 Å². The Balaban J connectivity index is 0.000000152. The van der Waals surface area contributed by atoms with Crippen molar-refractivity contribution in [2.45, 2.75) is 20.8 Å². The van der Waals surface area contributed by atoms with Crippen LogP contribution < -0.4 is 5.73 Å². The quantitative estimate of drug-likeness (QED) is 0.365. The number of nitrogens with zero attached hydrogens (tertiary/aromatic N) is 1. The predicted molar refractivity (Wildman–Crippen MR) is 111 cm³/mol. The molecule has 0 saturated carbocycles. The molecule has 3 heteroatoms. The molecule has 4 aromatic rings. The number of hydrogen-bond donors (Lipinski definition) is 2. The Kier molecular flexibility index (Phi) is 4.99. The van der Waals surface area contributed by atoms with Crippen molar-refractivity contribution >= 4 is 27.5 Å². The third-order valence-electron chi connectivity index (χ3n) is 4.61. The molecule has 0 bridgehead atoms. The summed E-state index contributed by atoms with van der Waals surface area (Å²) in [5, 5.41) is 10.9. The Bertz CT molecular complexity index is 1100. The summed E-state index contributed by atoms with van der Waals surface area (Å²) in [4.78, 5) is 4.34. The van der Waals surface area contributed by atoms with Gasteiger partial charge in [-0.2, -0.15) is 0 Å². The fourth-order valence-electron chi connectivity index (χ4n) is 2.92. The number of fused-ring (bicyclic) bond motifs is 2. The summed E-state index contributed by atoms with van der Waals surface area (Å²) in [6, 6.07) is 20.4. The smallest absolute Gasteiger partial charge is 0.122 e. The van der Waals surface area contributed by atoms with Crippen LogP contribution in [0.15, 0.2) is 66.9 Å². The number of nitrogens with one attached hydrogen (secondary N) is 1. The minimum atomic E-state index is 0.118. The maximum atomic E-state index is 7.33. The van der Waals surface area contributed by atoms with Crippen LogP contribution in [0.1, 0.15) is 22.3 Å². The molecule has 1 aromatic heterocycles. The highest BCUT2D eigenvalue weighted by Crippen LogP contribution is 2.18. The van der Waals surface area contributed by atoms with E-state index >= 15 is 0 Å². The molecular formula is C23H23N3. The molecule has 0 saturated heterocycles. The molecule has 0 spiro atoms. The second-order valence-corrected chi connectivity index (χ2v) is 6.56. The van der Waals surface area contributed by atoms with Crippen LogP contribution in [0.3, 0.4) is 0 Å². The van der Waals surface area contributed by atoms with E-state index in [1.807, 2.05) is 30.5 Å². The van der Waals surface area contributed by atoms with Crippen LogP contribution in [0.5, 0.6) is 0 Å². The molecule has 3 nitrogen and oxygen atoms in total. The molecule has 0 aliphatic rings. The number of nitrogen functional groups attached to an aromatic ring is 1. The lowest BCUT2D eigenvalue weighted by Crippen LogP contribution is -2.10. The van der Waals surface area contributed by atoms with Gasteiger partial charge in [0.25, 0.3) is 0 Å². The minimum Gasteiger partial charge on any atom is -0.384 e. The second kappa shape index (κ2) is 7.36. The van der Waals surface area contributed by atoms with Crippen molar-refractivity contribution in [3.63, 3.8) is 0 Å². The van der Waals surface area contributed by atoms with E-state index in [9.17, 15) is 0 Å². The predicted octanol–water partition coefficient (Wildman–Crippen LogP) is 5.28. The standard InChI is InChI=1S/C12H12N2.C11H11N/c1-8-2-3-10-7-11(12(13)14)5-4-9(10)6-8;1-8-5-6-10-4-3-7-12-11(10)9(8)2/h2-7H,1H3,(H3,13,14);3-7H,1-2H3. The number of benzene rings is 3. The van der Waals surface area contributed by atoms with Crippen molar-refractivity contribution in [1.29, 1.82) is 5.41 Å². The van der Waals surface area contributed by atoms with Gasteiger partial charge < -0.3 is 5.73 Å². The van der Waals surface area contributed by atoms with Gasteiger partial charge in [-0.05, 0) is 54.8 Å². The summed E-state index contributed by atoms with van der Waals surface area (Å²) >= 11 is 0. The number of hydrogen-bond acceptors (Lipinski definition) is 2. The van der Waals surface area contributed by atoms with E-state index in [1.165, 1.54) is 27.5 Å². The summed E-state index contributed by atoms with van der Waals surface area (Å²) in [6.45, 7) is 6.30. The van der Waals surface area contributed by atoms with E-state index in [0.29, 0.717) is 0 Å². The Morgan fingerprint density at radius 1 is 0.846 bits per heavy atom. The lowest BCUT2D eigenvalue weighted by Gasteiger charge is -2.02. The van der Waals surface area contributed by atoms with Gasteiger partial charge in [-0.15, -0.1) is 0 Å². The van der Waals surface area contributed by atoms with Crippen molar-refractivity contribution in [2.24, 2.45) is 5.73 Å². The monoisotopic (exact) mass is 341 g/mol. The third-order valence-corrected chi connectivity index (χ3v) is 4.61. The number of aryl methyl sites for hydroxylation is 3. The third kappa shape index (κ3) is 3.72. The lowest BCUT2D eigenvalue weighted by atomic mass is 10.0. The molecule has 0 atom stereocenters. The van der Waals surface area contributed by atoms with Gasteiger partial charge in [-0.25, -0.2) is 0 Å². The van der Waals surface area contributed by atoms with Gasteiger partial charge in [0, 0.05) is 17.1 Å². The largest absolute Gasteiger partial charge is 0.384 e. The van der Waals surface area contributed by atoms with Crippen LogP contribution >= 0.6 is 0 Å². The van der Waals surface area contributed by atoms with Gasteiger partial charge in [0.05, 0.1) is 5.52 Å². The average molecular weight is 341 g/mol. The second-order valence-electron chi connectivity index (χ2n) is 6.56. The van der Waals surface area contributed by atoms with Gasteiger partial charge in [0.15, 0.2) is 0 Å². The zero-order chi connectivity index (χ0) is 18.7. The van der Waals surface area contributed by atoms with Gasteiger partial charge in [-0.1, -0.05) is 54.1 Å². The fourth-order valence-corrected chi connectivity index (χ4v) is 2.92. The lowest BCUT2D eigenvalue weighted by molar-refractivity contribution is 1.31. The Hall–Kier alpha value is -3.20. The van der Waals surface area contributed by atoms with Crippen molar-refractivity contribution < 1.29 is 0 Å². The van der Waals surface area contributed by atoms with E-state index < -0.39 is 0 Å². The molecule has 3 aromatic carbocycles. The highest BCUT2D eigenvalue weighted by atomic mass is 14.7. The van der Waals surface area contributed by atoms with Crippen molar-refractivity contribution in [3.8, 4) is 0 Å². The number of amidine groups is 1. The minimum absolute atomic E-state index is 0.118. The van der Waals surface area contributed by atoms with E-state index in [1.54, 1.807) is 0 Å². The first-order valence-electron chi connectivity index (χ1n) is 8.61. The number of aromatic nitrogens is 1. The summed E-state index contributed by atoms with van der Waals surface area (Å²) in [7, 11) is 0. The maximum absolute atomic E-state index is 7.33. The highest BCUT2D eigenvalue weighted by molar-refractivity contribution is 5.99. The molecule has 1 heterocycles. The SMILES string of the molecule is Cc1ccc2cc(C(=N)N)ccc2c1.Cc1ccc2cccnc2c1C. The van der Waals surface area contributed by atoms with E-state index in [0.717, 1.165) is 16.5 Å². The molecule has 4 rings (SSSR count). The first-order valence-corrected chi connectivity index (χ1v) is 8.61. The molecule has 0 unspecified atom stereocenters. The molecule has 26 heavy (non-hydrogen) atoms. The zero-order valence-corrected chi connectivity index (χ0v) is 15.4. The number of rotatable bonds is 1. The molecule has 0 aliphatic carbocycles. The molecule has 0 radical (unpaired) electrons. The summed E-state index contributed by atoms with van der Waals surface area (Å²) < 4.78 is 0. The summed E-state index contributed by atoms with van der Waals surface area (Å²) in [6.07, 6.45) is 1.84. The van der Waals surface area contributed by atoms with E-state index in [2.05, 4.69) is 62.2 Å². The van der Waals surface area contributed by atoms with Crippen molar-refractivity contribution in [2.75, 3.05) is 0 Å². The highest BCUT2D eigenvalue weighted by Gasteiger charge is 1.99. The van der Waals surface area contributed by atoms with E-state index in [4.69, 9.17) is 11.1 Å². The summed E-state index contributed by atoms with van der Waals surface area (Å²) in [5.41, 5.74) is 11.2. The molecule has 0 amide bonds. The van der Waals surface area contributed by atoms with Crippen LogP contribution in [0.25, 0.3) is 21.7 Å². The normalized spacial score (nSPS) is 10.4. The molecule has 130 valence electrons. The van der Waals surface area contributed by atoms with Gasteiger partial charge in [0.1, 0.15) is 5.84 Å². The zero-order valence-electron chi connectivity index (χ0n) is 15.4. The van der Waals surface area contributed by atoms with Crippen LogP contribution in [0, 0.1) is 26.2 Å². The Morgan fingerprint density at radius 3 is 2.31 bits per heavy atom. The van der Waals surface area contributed by atoms with Crippen molar-refractivity contribution in [3.05, 3.63) is 89.1 Å². The van der Waals surface area contributed by atoms with Gasteiger partial charge in [0.2, 0.25) is 0 Å². The first-order chi connectivity index (χ1) is 12.5. The average Bonchev–Trinajstić information content (AvgIpc) is 2.65. The van der Waals surface area contributed by atoms with Crippen LogP contribution in [0.2, 0.25) is 0 Å². The van der Waals surface area contributed by atoms with Crippen LogP contribution in [-0.4, -0.2) is 10.8 Å². The Labute approximate surface area is 154 Å². The number of pyridine rings is 1. The fraction of sp³-hybridized carbons (Fsp3) is 0.130. The van der Waals surface area contributed by atoms with Crippen LogP contribution in [0.4, 0.5) is 0 Å². The topological polar surface area (TPSA) is 62.8 Å². The maximum Gasteiger partial charge on any atom is 0.122 e. The van der Waals surface area contributed by atoms with Crippen molar-refractivity contribution in [1.82, 2.24) is 4.98 Å². The van der Waals surface area contributed by atoms with Gasteiger partial charge >= 0.3 is 0 Å².